The largest absolute Gasteiger partial charge is 0.385 e. The fraction of sp³-hybridized carbons (Fsp3) is 0.294. The first-order chi connectivity index (χ1) is 11.4. The van der Waals surface area contributed by atoms with Crippen molar-refractivity contribution in [2.24, 2.45) is 0 Å². The number of methoxy groups -OCH3 is 1. The van der Waals surface area contributed by atoms with Crippen LogP contribution < -0.4 is 10.0 Å². The van der Waals surface area contributed by atoms with Gasteiger partial charge in [0.2, 0.25) is 0 Å². The number of rotatable bonds is 8. The van der Waals surface area contributed by atoms with Crippen LogP contribution in [-0.4, -0.2) is 28.7 Å². The van der Waals surface area contributed by atoms with Crippen molar-refractivity contribution in [3.63, 3.8) is 0 Å². The zero-order valence-electron chi connectivity index (χ0n) is 13.7. The first-order valence-corrected chi connectivity index (χ1v) is 9.40. The summed E-state index contributed by atoms with van der Waals surface area (Å²) in [5.74, 6) is 0. The number of halogens is 1. The minimum Gasteiger partial charge on any atom is -0.385 e. The average Bonchev–Trinajstić information content (AvgIpc) is 2.55. The van der Waals surface area contributed by atoms with Crippen LogP contribution in [0.15, 0.2) is 47.4 Å². The molecule has 0 fully saturated rings. The van der Waals surface area contributed by atoms with Crippen LogP contribution in [0.3, 0.4) is 0 Å². The summed E-state index contributed by atoms with van der Waals surface area (Å²) in [5.41, 5.74) is 2.15. The van der Waals surface area contributed by atoms with E-state index in [-0.39, 0.29) is 4.90 Å². The van der Waals surface area contributed by atoms with Crippen LogP contribution in [0, 0.1) is 6.92 Å². The van der Waals surface area contributed by atoms with Crippen molar-refractivity contribution in [2.75, 3.05) is 30.3 Å². The normalized spacial score (nSPS) is 11.3. The van der Waals surface area contributed by atoms with Gasteiger partial charge in [-0.2, -0.15) is 0 Å². The smallest absolute Gasteiger partial charge is 0.261 e. The molecule has 0 aliphatic carbocycles. The molecule has 0 spiro atoms. The van der Waals surface area contributed by atoms with E-state index >= 15 is 0 Å². The van der Waals surface area contributed by atoms with E-state index in [1.807, 2.05) is 12.1 Å². The summed E-state index contributed by atoms with van der Waals surface area (Å²) in [6.45, 7) is 3.26. The van der Waals surface area contributed by atoms with Crippen molar-refractivity contribution in [3.05, 3.63) is 53.1 Å². The maximum Gasteiger partial charge on any atom is 0.261 e. The Morgan fingerprint density at radius 2 is 1.75 bits per heavy atom. The van der Waals surface area contributed by atoms with E-state index in [9.17, 15) is 8.42 Å². The molecule has 0 bridgehead atoms. The van der Waals surface area contributed by atoms with Crippen LogP contribution in [0.2, 0.25) is 5.02 Å². The third-order valence-electron chi connectivity index (χ3n) is 3.43. The topological polar surface area (TPSA) is 67.4 Å². The van der Waals surface area contributed by atoms with Crippen molar-refractivity contribution in [1.29, 1.82) is 0 Å². The van der Waals surface area contributed by atoms with Crippen molar-refractivity contribution in [3.8, 4) is 0 Å². The van der Waals surface area contributed by atoms with Crippen LogP contribution in [0.25, 0.3) is 0 Å². The Kier molecular flexibility index (Phi) is 6.48. The predicted octanol–water partition coefficient (Wildman–Crippen LogP) is 3.90. The number of sulfonamides is 1. The lowest BCUT2D eigenvalue weighted by atomic mass is 10.2. The molecule has 0 radical (unpaired) electrons. The second-order valence-electron chi connectivity index (χ2n) is 5.37. The molecule has 0 heterocycles. The number of hydrogen-bond acceptors (Lipinski definition) is 4. The van der Waals surface area contributed by atoms with Gasteiger partial charge in [-0.1, -0.05) is 11.6 Å². The van der Waals surface area contributed by atoms with Crippen LogP contribution in [0.5, 0.6) is 0 Å². The zero-order chi connectivity index (χ0) is 17.6. The molecule has 0 aliphatic rings. The lowest BCUT2D eigenvalue weighted by Gasteiger charge is -2.11. The van der Waals surface area contributed by atoms with Gasteiger partial charge in [0, 0.05) is 36.7 Å². The molecular weight excluding hydrogens is 348 g/mol. The number of hydrogen-bond donors (Lipinski definition) is 2. The SMILES string of the molecule is COCCCNc1ccc(NS(=O)(=O)c2ccc(Cl)c(C)c2)cc1. The Morgan fingerprint density at radius 3 is 2.38 bits per heavy atom. The van der Waals surface area contributed by atoms with Gasteiger partial charge in [0.05, 0.1) is 4.90 Å². The number of anilines is 2. The molecule has 2 aromatic carbocycles. The minimum atomic E-state index is -3.64. The Bertz CT molecular complexity index is 777. The Morgan fingerprint density at radius 1 is 1.08 bits per heavy atom. The molecular formula is C17H21ClN2O3S. The second-order valence-corrected chi connectivity index (χ2v) is 7.46. The van der Waals surface area contributed by atoms with Crippen molar-refractivity contribution in [2.45, 2.75) is 18.2 Å². The first-order valence-electron chi connectivity index (χ1n) is 7.54. The molecule has 0 unspecified atom stereocenters. The molecule has 5 nitrogen and oxygen atoms in total. The van der Waals surface area contributed by atoms with Crippen LogP contribution in [0.4, 0.5) is 11.4 Å². The van der Waals surface area contributed by atoms with E-state index in [0.717, 1.165) is 24.2 Å². The maximum absolute atomic E-state index is 12.4. The summed E-state index contributed by atoms with van der Waals surface area (Å²) in [6.07, 6.45) is 0.904. The van der Waals surface area contributed by atoms with Gasteiger partial charge < -0.3 is 10.1 Å². The van der Waals surface area contributed by atoms with Crippen molar-refractivity contribution < 1.29 is 13.2 Å². The van der Waals surface area contributed by atoms with Crippen LogP contribution in [0.1, 0.15) is 12.0 Å². The molecule has 0 atom stereocenters. The molecule has 2 N–H and O–H groups in total. The second kappa shape index (κ2) is 8.37. The minimum absolute atomic E-state index is 0.186. The van der Waals surface area contributed by atoms with Gasteiger partial charge in [0.15, 0.2) is 0 Å². The van der Waals surface area contributed by atoms with Gasteiger partial charge >= 0.3 is 0 Å². The van der Waals surface area contributed by atoms with Gasteiger partial charge in [0.1, 0.15) is 0 Å². The molecule has 0 amide bonds. The summed E-state index contributed by atoms with van der Waals surface area (Å²) in [7, 11) is -1.97. The van der Waals surface area contributed by atoms with Gasteiger partial charge in [-0.05, 0) is 61.4 Å². The van der Waals surface area contributed by atoms with Gasteiger partial charge in [-0.15, -0.1) is 0 Å². The molecule has 130 valence electrons. The van der Waals surface area contributed by atoms with Gasteiger partial charge in [-0.3, -0.25) is 4.72 Å². The highest BCUT2D eigenvalue weighted by Gasteiger charge is 2.15. The van der Waals surface area contributed by atoms with Crippen LogP contribution in [-0.2, 0) is 14.8 Å². The Labute approximate surface area is 148 Å². The van der Waals surface area contributed by atoms with Crippen LogP contribution >= 0.6 is 11.6 Å². The van der Waals surface area contributed by atoms with Crippen molar-refractivity contribution >= 4 is 33.0 Å². The lowest BCUT2D eigenvalue weighted by molar-refractivity contribution is 0.198. The number of benzene rings is 2. The monoisotopic (exact) mass is 368 g/mol. The highest BCUT2D eigenvalue weighted by molar-refractivity contribution is 7.92. The molecule has 0 aliphatic heterocycles. The molecule has 2 rings (SSSR count). The molecule has 0 aromatic heterocycles. The molecule has 7 heteroatoms. The van der Waals surface area contributed by atoms with E-state index in [1.165, 1.54) is 6.07 Å². The molecule has 24 heavy (non-hydrogen) atoms. The molecule has 0 saturated carbocycles. The molecule has 2 aromatic rings. The highest BCUT2D eigenvalue weighted by Crippen LogP contribution is 2.22. The maximum atomic E-state index is 12.4. The van der Waals surface area contributed by atoms with Gasteiger partial charge in [0.25, 0.3) is 10.0 Å². The lowest BCUT2D eigenvalue weighted by Crippen LogP contribution is -2.13. The molecule has 0 saturated heterocycles. The summed E-state index contributed by atoms with van der Waals surface area (Å²) in [4.78, 5) is 0.186. The first kappa shape index (κ1) is 18.6. The summed E-state index contributed by atoms with van der Waals surface area (Å²) < 4.78 is 32.4. The Hall–Kier alpha value is -1.76. The van der Waals surface area contributed by atoms with Gasteiger partial charge in [-0.25, -0.2) is 8.42 Å². The quantitative estimate of drug-likeness (QED) is 0.693. The third-order valence-corrected chi connectivity index (χ3v) is 5.23. The zero-order valence-corrected chi connectivity index (χ0v) is 15.2. The third kappa shape index (κ3) is 5.12. The summed E-state index contributed by atoms with van der Waals surface area (Å²) >= 11 is 5.94. The number of aryl methyl sites for hydroxylation is 1. The van der Waals surface area contributed by atoms with E-state index < -0.39 is 10.0 Å². The van der Waals surface area contributed by atoms with E-state index in [2.05, 4.69) is 10.0 Å². The number of ether oxygens (including phenoxy) is 1. The summed E-state index contributed by atoms with van der Waals surface area (Å²) in [5, 5.41) is 3.78. The van der Waals surface area contributed by atoms with Crippen molar-refractivity contribution in [1.82, 2.24) is 0 Å². The van der Waals surface area contributed by atoms with E-state index in [4.69, 9.17) is 16.3 Å². The Balaban J connectivity index is 2.03. The number of nitrogens with one attached hydrogen (secondary N) is 2. The highest BCUT2D eigenvalue weighted by atomic mass is 35.5. The average molecular weight is 369 g/mol. The fourth-order valence-electron chi connectivity index (χ4n) is 2.10. The van der Waals surface area contributed by atoms with E-state index in [0.29, 0.717) is 17.3 Å². The van der Waals surface area contributed by atoms with E-state index in [1.54, 1.807) is 38.3 Å². The fourth-order valence-corrected chi connectivity index (χ4v) is 3.36. The predicted molar refractivity (Wildman–Crippen MR) is 98.4 cm³/mol. The summed E-state index contributed by atoms with van der Waals surface area (Å²) in [6, 6.07) is 11.7. The standard InChI is InChI=1S/C17H21ClN2O3S/c1-13-12-16(8-9-17(13)18)24(21,22)20-15-6-4-14(5-7-15)19-10-3-11-23-2/h4-9,12,19-20H,3,10-11H2,1-2H3.